The number of carboxylic acids is 1. The van der Waals surface area contributed by atoms with Crippen LogP contribution in [0, 0.1) is 10.8 Å². The lowest BCUT2D eigenvalue weighted by molar-refractivity contribution is -0.150. The first-order valence-corrected chi connectivity index (χ1v) is 11.7. The first-order chi connectivity index (χ1) is 16.4. The van der Waals surface area contributed by atoms with Crippen LogP contribution in [-0.2, 0) is 37.1 Å². The molecule has 0 heterocycles. The SMILES string of the molecule is CC(C)(CCC(=O)OCc1ccccc1)C(=O)O.CC(C)(CO)CCC(=O)OCc1ccccc1. The fourth-order valence-electron chi connectivity index (χ4n) is 2.66. The van der Waals surface area contributed by atoms with Crippen LogP contribution in [-0.4, -0.2) is 34.7 Å². The van der Waals surface area contributed by atoms with Gasteiger partial charge in [0, 0.05) is 19.4 Å². The molecule has 0 saturated carbocycles. The number of aliphatic hydroxyl groups is 1. The van der Waals surface area contributed by atoms with Crippen molar-refractivity contribution >= 4 is 17.9 Å². The number of carbonyl (C=O) groups excluding carboxylic acids is 2. The molecule has 0 atom stereocenters. The number of rotatable bonds is 12. The summed E-state index contributed by atoms with van der Waals surface area (Å²) < 4.78 is 10.2. The Morgan fingerprint density at radius 3 is 1.49 bits per heavy atom. The van der Waals surface area contributed by atoms with Crippen LogP contribution >= 0.6 is 0 Å². The lowest BCUT2D eigenvalue weighted by Gasteiger charge is -2.20. The quantitative estimate of drug-likeness (QED) is 0.399. The Labute approximate surface area is 208 Å². The highest BCUT2D eigenvalue weighted by Gasteiger charge is 2.27. The van der Waals surface area contributed by atoms with E-state index in [0.29, 0.717) is 19.4 Å². The molecule has 7 nitrogen and oxygen atoms in total. The summed E-state index contributed by atoms with van der Waals surface area (Å²) in [4.78, 5) is 33.8. The average molecular weight is 487 g/mol. The number of ether oxygens (including phenoxy) is 2. The minimum Gasteiger partial charge on any atom is -0.481 e. The Balaban J connectivity index is 0.000000351. The second kappa shape index (κ2) is 14.9. The Bertz CT molecular complexity index is 905. The topological polar surface area (TPSA) is 110 Å². The number of carbonyl (C=O) groups is 3. The van der Waals surface area contributed by atoms with Gasteiger partial charge < -0.3 is 19.7 Å². The molecule has 2 aromatic rings. The molecular weight excluding hydrogens is 448 g/mol. The molecule has 0 spiro atoms. The van der Waals surface area contributed by atoms with E-state index in [2.05, 4.69) is 0 Å². The highest BCUT2D eigenvalue weighted by molar-refractivity contribution is 5.75. The third-order valence-corrected chi connectivity index (χ3v) is 5.45. The van der Waals surface area contributed by atoms with Crippen molar-refractivity contribution < 1.29 is 34.1 Å². The summed E-state index contributed by atoms with van der Waals surface area (Å²) in [5.41, 5.74) is 0.794. The molecule has 7 heteroatoms. The standard InChI is InChI=1S/C14H18O4.C14H20O3/c1-14(2,13(16)17)9-8-12(15)18-10-11-6-4-3-5-7-11;1-14(2,11-15)9-8-13(16)17-10-12-6-4-3-5-7-12/h3-7H,8-10H2,1-2H3,(H,16,17);3-7,15H,8-11H2,1-2H3. The first kappa shape index (κ1) is 29.8. The monoisotopic (exact) mass is 486 g/mol. The molecule has 192 valence electrons. The van der Waals surface area contributed by atoms with Crippen LogP contribution in [0.2, 0.25) is 0 Å². The van der Waals surface area contributed by atoms with Crippen LogP contribution in [0.3, 0.4) is 0 Å². The molecule has 2 rings (SSSR count). The number of esters is 2. The van der Waals surface area contributed by atoms with Crippen LogP contribution in [0.4, 0.5) is 0 Å². The van der Waals surface area contributed by atoms with Crippen LogP contribution in [0.1, 0.15) is 64.5 Å². The van der Waals surface area contributed by atoms with E-state index in [1.165, 1.54) is 0 Å². The first-order valence-electron chi connectivity index (χ1n) is 11.7. The van der Waals surface area contributed by atoms with Crippen LogP contribution < -0.4 is 0 Å². The van der Waals surface area contributed by atoms with E-state index in [1.54, 1.807) is 13.8 Å². The third kappa shape index (κ3) is 13.3. The van der Waals surface area contributed by atoms with Gasteiger partial charge in [-0.2, -0.15) is 0 Å². The Hall–Kier alpha value is -3.19. The zero-order valence-corrected chi connectivity index (χ0v) is 21.2. The molecule has 0 aliphatic carbocycles. The van der Waals surface area contributed by atoms with Gasteiger partial charge in [-0.1, -0.05) is 74.5 Å². The zero-order valence-electron chi connectivity index (χ0n) is 21.2. The van der Waals surface area contributed by atoms with Gasteiger partial charge in [0.05, 0.1) is 5.41 Å². The maximum Gasteiger partial charge on any atom is 0.309 e. The van der Waals surface area contributed by atoms with E-state index in [4.69, 9.17) is 19.7 Å². The molecule has 0 aliphatic heterocycles. The normalized spacial score (nSPS) is 11.1. The van der Waals surface area contributed by atoms with E-state index in [-0.39, 0.29) is 43.4 Å². The minimum absolute atomic E-state index is 0.0823. The molecule has 0 radical (unpaired) electrons. The van der Waals surface area contributed by atoms with Crippen LogP contribution in [0.15, 0.2) is 60.7 Å². The van der Waals surface area contributed by atoms with Crippen LogP contribution in [0.5, 0.6) is 0 Å². The lowest BCUT2D eigenvalue weighted by Crippen LogP contribution is -2.24. The minimum atomic E-state index is -0.904. The number of hydrogen-bond acceptors (Lipinski definition) is 6. The molecule has 2 N–H and O–H groups in total. The number of aliphatic hydroxyl groups excluding tert-OH is 1. The summed E-state index contributed by atoms with van der Waals surface area (Å²) in [6, 6.07) is 19.0. The van der Waals surface area contributed by atoms with Gasteiger partial charge in [0.25, 0.3) is 0 Å². The number of benzene rings is 2. The smallest absolute Gasteiger partial charge is 0.309 e. The molecule has 2 aromatic carbocycles. The van der Waals surface area contributed by atoms with Gasteiger partial charge >= 0.3 is 17.9 Å². The Morgan fingerprint density at radius 2 is 1.11 bits per heavy atom. The maximum absolute atomic E-state index is 11.5. The van der Waals surface area contributed by atoms with Crippen molar-refractivity contribution in [3.05, 3.63) is 71.8 Å². The second-order valence-corrected chi connectivity index (χ2v) is 9.80. The van der Waals surface area contributed by atoms with E-state index in [9.17, 15) is 14.4 Å². The van der Waals surface area contributed by atoms with Crippen molar-refractivity contribution in [2.45, 2.75) is 66.6 Å². The Morgan fingerprint density at radius 1 is 0.714 bits per heavy atom. The maximum atomic E-state index is 11.5. The molecule has 0 fully saturated rings. The van der Waals surface area contributed by atoms with Crippen molar-refractivity contribution in [3.8, 4) is 0 Å². The van der Waals surface area contributed by atoms with Gasteiger partial charge in [0.15, 0.2) is 0 Å². The molecule has 0 unspecified atom stereocenters. The summed E-state index contributed by atoms with van der Waals surface area (Å²) in [5.74, 6) is -1.48. The van der Waals surface area contributed by atoms with Gasteiger partial charge in [0.1, 0.15) is 13.2 Å². The van der Waals surface area contributed by atoms with Crippen molar-refractivity contribution in [1.29, 1.82) is 0 Å². The molecular formula is C28H38O7. The van der Waals surface area contributed by atoms with Gasteiger partial charge in [-0.05, 0) is 43.2 Å². The molecule has 0 saturated heterocycles. The van der Waals surface area contributed by atoms with Crippen molar-refractivity contribution in [2.24, 2.45) is 10.8 Å². The predicted octanol–water partition coefficient (Wildman–Crippen LogP) is 5.15. The van der Waals surface area contributed by atoms with Gasteiger partial charge in [-0.3, -0.25) is 14.4 Å². The summed E-state index contributed by atoms with van der Waals surface area (Å²) in [5, 5.41) is 18.0. The van der Waals surface area contributed by atoms with Crippen LogP contribution in [0.25, 0.3) is 0 Å². The summed E-state index contributed by atoms with van der Waals surface area (Å²) in [7, 11) is 0. The highest BCUT2D eigenvalue weighted by Crippen LogP contribution is 2.23. The average Bonchev–Trinajstić information content (AvgIpc) is 2.85. The van der Waals surface area contributed by atoms with Gasteiger partial charge in [0.2, 0.25) is 0 Å². The molecule has 35 heavy (non-hydrogen) atoms. The molecule has 0 bridgehead atoms. The fraction of sp³-hybridized carbons (Fsp3) is 0.464. The molecule has 0 amide bonds. The van der Waals surface area contributed by atoms with Crippen molar-refractivity contribution in [1.82, 2.24) is 0 Å². The van der Waals surface area contributed by atoms with E-state index >= 15 is 0 Å². The van der Waals surface area contributed by atoms with Crippen molar-refractivity contribution in [3.63, 3.8) is 0 Å². The number of carboxylic acid groups (broad SMARTS) is 1. The zero-order chi connectivity index (χ0) is 26.3. The number of hydrogen-bond donors (Lipinski definition) is 2. The summed E-state index contributed by atoms with van der Waals surface area (Å²) in [6.07, 6.45) is 1.37. The Kier molecular flexibility index (Phi) is 12.7. The predicted molar refractivity (Wildman–Crippen MR) is 133 cm³/mol. The molecule has 0 aromatic heterocycles. The second-order valence-electron chi connectivity index (χ2n) is 9.80. The van der Waals surface area contributed by atoms with Gasteiger partial charge in [-0.25, -0.2) is 0 Å². The summed E-state index contributed by atoms with van der Waals surface area (Å²) in [6.45, 7) is 7.68. The lowest BCUT2D eigenvalue weighted by atomic mass is 9.88. The number of aliphatic carboxylic acids is 1. The van der Waals surface area contributed by atoms with E-state index in [1.807, 2.05) is 74.5 Å². The van der Waals surface area contributed by atoms with E-state index in [0.717, 1.165) is 11.1 Å². The fourth-order valence-corrected chi connectivity index (χ4v) is 2.66. The van der Waals surface area contributed by atoms with Crippen molar-refractivity contribution in [2.75, 3.05) is 6.61 Å². The largest absolute Gasteiger partial charge is 0.481 e. The highest BCUT2D eigenvalue weighted by atomic mass is 16.5. The third-order valence-electron chi connectivity index (χ3n) is 5.45. The van der Waals surface area contributed by atoms with E-state index < -0.39 is 11.4 Å². The molecule has 0 aliphatic rings. The van der Waals surface area contributed by atoms with Gasteiger partial charge in [-0.15, -0.1) is 0 Å². The summed E-state index contributed by atoms with van der Waals surface area (Å²) >= 11 is 0.